The number of carbonyl (C=O) groups excluding carboxylic acids is 2. The summed E-state index contributed by atoms with van der Waals surface area (Å²) in [5.74, 6) is -2.77. The zero-order valence-electron chi connectivity index (χ0n) is 16.6. The average molecular weight is 405 g/mol. The first-order chi connectivity index (χ1) is 13.1. The summed E-state index contributed by atoms with van der Waals surface area (Å²) in [5.41, 5.74) is 7.16. The van der Waals surface area contributed by atoms with E-state index >= 15 is 0 Å². The van der Waals surface area contributed by atoms with Crippen LogP contribution >= 0.6 is 11.3 Å². The Hall–Kier alpha value is -2.15. The Bertz CT molecular complexity index is 834. The number of anilines is 1. The van der Waals surface area contributed by atoms with Crippen molar-refractivity contribution in [3.8, 4) is 0 Å². The summed E-state index contributed by atoms with van der Waals surface area (Å²) in [6.07, 6.45) is 6.97. The van der Waals surface area contributed by atoms with Crippen LogP contribution in [0.3, 0.4) is 0 Å². The molecule has 2 amide bonds. The first kappa shape index (κ1) is 20.6. The Morgan fingerprint density at radius 2 is 1.82 bits per heavy atom. The van der Waals surface area contributed by atoms with Crippen LogP contribution in [-0.2, 0) is 22.4 Å². The second-order valence-electron chi connectivity index (χ2n) is 8.86. The molecule has 28 heavy (non-hydrogen) atoms. The highest BCUT2D eigenvalue weighted by molar-refractivity contribution is 7.17. The van der Waals surface area contributed by atoms with Crippen molar-refractivity contribution in [2.75, 3.05) is 5.32 Å². The lowest BCUT2D eigenvalue weighted by Crippen LogP contribution is -2.35. The van der Waals surface area contributed by atoms with E-state index in [1.54, 1.807) is 6.08 Å². The predicted molar refractivity (Wildman–Crippen MR) is 109 cm³/mol. The third-order valence-corrected chi connectivity index (χ3v) is 7.23. The van der Waals surface area contributed by atoms with Crippen molar-refractivity contribution in [2.45, 2.75) is 52.9 Å². The number of nitrogens with one attached hydrogen (secondary N) is 1. The molecule has 1 aromatic rings. The van der Waals surface area contributed by atoms with Gasteiger partial charge in [0.1, 0.15) is 5.00 Å². The molecule has 1 heterocycles. The van der Waals surface area contributed by atoms with E-state index < -0.39 is 23.7 Å². The fourth-order valence-corrected chi connectivity index (χ4v) is 5.59. The number of nitrogens with two attached hydrogens (primary N) is 1. The molecule has 0 radical (unpaired) electrons. The lowest BCUT2D eigenvalue weighted by molar-refractivity contribution is -0.146. The summed E-state index contributed by atoms with van der Waals surface area (Å²) in [6, 6.07) is 0. The molecule has 0 spiro atoms. The number of aliphatic carboxylic acids is 1. The summed E-state index contributed by atoms with van der Waals surface area (Å²) >= 11 is 1.41. The highest BCUT2D eigenvalue weighted by atomic mass is 32.1. The smallest absolute Gasteiger partial charge is 0.307 e. The van der Waals surface area contributed by atoms with Gasteiger partial charge in [0.2, 0.25) is 5.91 Å². The van der Waals surface area contributed by atoms with Gasteiger partial charge < -0.3 is 16.2 Å². The van der Waals surface area contributed by atoms with E-state index in [1.165, 1.54) is 11.3 Å². The molecule has 0 saturated heterocycles. The molecule has 1 aromatic heterocycles. The van der Waals surface area contributed by atoms with Crippen LogP contribution in [0.5, 0.6) is 0 Å². The van der Waals surface area contributed by atoms with Gasteiger partial charge in [0.15, 0.2) is 0 Å². The predicted octanol–water partition coefficient (Wildman–Crippen LogP) is 3.60. The number of carboxylic acid groups (broad SMARTS) is 1. The van der Waals surface area contributed by atoms with Crippen molar-refractivity contribution >= 4 is 34.1 Å². The number of amides is 2. The van der Waals surface area contributed by atoms with Gasteiger partial charge in [0, 0.05) is 4.88 Å². The number of thiophene rings is 1. The van der Waals surface area contributed by atoms with E-state index in [1.807, 2.05) is 6.08 Å². The van der Waals surface area contributed by atoms with Gasteiger partial charge in [-0.1, -0.05) is 32.9 Å². The SMILES string of the molecule is CC(C)(C)[C@H]1CCc2c(sc(NC(=O)[C@H]3CC=CC[C@@H]3C(=O)O)c2C(N)=O)C1. The summed E-state index contributed by atoms with van der Waals surface area (Å²) < 4.78 is 0. The van der Waals surface area contributed by atoms with Gasteiger partial charge >= 0.3 is 5.97 Å². The van der Waals surface area contributed by atoms with E-state index in [2.05, 4.69) is 26.1 Å². The molecule has 152 valence electrons. The van der Waals surface area contributed by atoms with Crippen LogP contribution in [0.1, 0.15) is 60.8 Å². The topological polar surface area (TPSA) is 109 Å². The summed E-state index contributed by atoms with van der Waals surface area (Å²) in [6.45, 7) is 6.66. The zero-order chi connectivity index (χ0) is 20.6. The van der Waals surface area contributed by atoms with Crippen molar-refractivity contribution < 1.29 is 19.5 Å². The van der Waals surface area contributed by atoms with Crippen LogP contribution in [0.25, 0.3) is 0 Å². The van der Waals surface area contributed by atoms with Gasteiger partial charge in [-0.25, -0.2) is 0 Å². The average Bonchev–Trinajstić information content (AvgIpc) is 2.97. The second-order valence-corrected chi connectivity index (χ2v) is 9.97. The first-order valence-electron chi connectivity index (χ1n) is 9.72. The van der Waals surface area contributed by atoms with Crippen molar-refractivity contribution in [3.63, 3.8) is 0 Å². The minimum absolute atomic E-state index is 0.168. The number of carbonyl (C=O) groups is 3. The Kier molecular flexibility index (Phi) is 5.66. The molecule has 0 unspecified atom stereocenters. The quantitative estimate of drug-likeness (QED) is 0.666. The van der Waals surface area contributed by atoms with Crippen molar-refractivity contribution in [3.05, 3.63) is 28.2 Å². The Morgan fingerprint density at radius 3 is 2.39 bits per heavy atom. The zero-order valence-corrected chi connectivity index (χ0v) is 17.4. The van der Waals surface area contributed by atoms with Gasteiger partial charge in [-0.15, -0.1) is 11.3 Å². The Labute approximate surface area is 169 Å². The lowest BCUT2D eigenvalue weighted by atomic mass is 9.72. The van der Waals surface area contributed by atoms with E-state index in [0.717, 1.165) is 29.7 Å². The van der Waals surface area contributed by atoms with Crippen LogP contribution in [0, 0.1) is 23.2 Å². The maximum Gasteiger partial charge on any atom is 0.307 e. The van der Waals surface area contributed by atoms with Crippen molar-refractivity contribution in [1.82, 2.24) is 0 Å². The molecular weight excluding hydrogens is 376 g/mol. The third kappa shape index (κ3) is 3.99. The van der Waals surface area contributed by atoms with Crippen LogP contribution in [0.4, 0.5) is 5.00 Å². The van der Waals surface area contributed by atoms with E-state index in [-0.39, 0.29) is 11.3 Å². The molecule has 0 fully saturated rings. The molecule has 3 rings (SSSR count). The number of allylic oxidation sites excluding steroid dienone is 2. The molecule has 0 bridgehead atoms. The normalized spacial score (nSPS) is 24.5. The van der Waals surface area contributed by atoms with Gasteiger partial charge in [-0.3, -0.25) is 14.4 Å². The van der Waals surface area contributed by atoms with Crippen LogP contribution in [0.15, 0.2) is 12.2 Å². The number of fused-ring (bicyclic) bond motifs is 1. The maximum atomic E-state index is 12.8. The molecule has 0 aromatic carbocycles. The van der Waals surface area contributed by atoms with E-state index in [0.29, 0.717) is 29.3 Å². The number of carboxylic acids is 1. The highest BCUT2D eigenvalue weighted by Crippen LogP contribution is 2.44. The molecule has 0 saturated carbocycles. The van der Waals surface area contributed by atoms with Gasteiger partial charge in [0.25, 0.3) is 5.91 Å². The molecule has 4 N–H and O–H groups in total. The third-order valence-electron chi connectivity index (χ3n) is 6.06. The monoisotopic (exact) mass is 404 g/mol. The molecular formula is C21H28N2O4S. The van der Waals surface area contributed by atoms with Crippen molar-refractivity contribution in [1.29, 1.82) is 0 Å². The van der Waals surface area contributed by atoms with Crippen LogP contribution < -0.4 is 11.1 Å². The lowest BCUT2D eigenvalue weighted by Gasteiger charge is -2.33. The standard InChI is InChI=1S/C21H28N2O4S/c1-21(2,3)11-8-9-14-15(10-11)28-19(16(14)17(22)24)23-18(25)12-6-4-5-7-13(12)20(26)27/h4-5,11-13H,6-10H2,1-3H3,(H2,22,24)(H,23,25)(H,26,27)/t11-,12-,13-/m0/s1. The minimum Gasteiger partial charge on any atom is -0.481 e. The minimum atomic E-state index is -0.974. The fraction of sp³-hybridized carbons (Fsp3) is 0.571. The highest BCUT2D eigenvalue weighted by Gasteiger charge is 2.37. The summed E-state index contributed by atoms with van der Waals surface area (Å²) in [7, 11) is 0. The summed E-state index contributed by atoms with van der Waals surface area (Å²) in [5, 5.41) is 12.7. The Balaban J connectivity index is 1.87. The molecule has 6 nitrogen and oxygen atoms in total. The van der Waals surface area contributed by atoms with Crippen LogP contribution in [0.2, 0.25) is 0 Å². The van der Waals surface area contributed by atoms with E-state index in [9.17, 15) is 19.5 Å². The molecule has 3 atom stereocenters. The van der Waals surface area contributed by atoms with Crippen LogP contribution in [-0.4, -0.2) is 22.9 Å². The number of hydrogen-bond donors (Lipinski definition) is 3. The van der Waals surface area contributed by atoms with Gasteiger partial charge in [-0.2, -0.15) is 0 Å². The molecule has 7 heteroatoms. The largest absolute Gasteiger partial charge is 0.481 e. The van der Waals surface area contributed by atoms with Gasteiger partial charge in [-0.05, 0) is 49.0 Å². The fourth-order valence-electron chi connectivity index (χ4n) is 4.26. The van der Waals surface area contributed by atoms with E-state index in [4.69, 9.17) is 5.73 Å². The summed E-state index contributed by atoms with van der Waals surface area (Å²) in [4.78, 5) is 37.6. The first-order valence-corrected chi connectivity index (χ1v) is 10.5. The number of rotatable bonds is 4. The maximum absolute atomic E-state index is 12.8. The second kappa shape index (κ2) is 7.70. The number of hydrogen-bond acceptors (Lipinski definition) is 4. The molecule has 2 aliphatic rings. The van der Waals surface area contributed by atoms with Gasteiger partial charge in [0.05, 0.1) is 17.4 Å². The molecule has 2 aliphatic carbocycles. The number of primary amides is 1. The molecule has 0 aliphatic heterocycles. The van der Waals surface area contributed by atoms with Crippen molar-refractivity contribution in [2.24, 2.45) is 28.9 Å². The Morgan fingerprint density at radius 1 is 1.18 bits per heavy atom.